The van der Waals surface area contributed by atoms with Gasteiger partial charge in [0.05, 0.1) is 6.61 Å². The largest absolute Gasteiger partial charge is 0.465 e. The Morgan fingerprint density at radius 3 is 2.65 bits per heavy atom. The molecule has 3 N–H and O–H groups in total. The monoisotopic (exact) mass is 307 g/mol. The quantitative estimate of drug-likeness (QED) is 0.636. The van der Waals surface area contributed by atoms with Crippen molar-refractivity contribution in [3.8, 4) is 0 Å². The summed E-state index contributed by atoms with van der Waals surface area (Å²) in [6.07, 6.45) is 1.15. The van der Waals surface area contributed by atoms with E-state index in [4.69, 9.17) is 10.5 Å². The van der Waals surface area contributed by atoms with Gasteiger partial charge in [0.25, 0.3) is 10.2 Å². The molecule has 20 heavy (non-hydrogen) atoms. The average Bonchev–Trinajstić information content (AvgIpc) is 2.86. The number of carbonyl (C=O) groups excluding carboxylic acids is 1. The van der Waals surface area contributed by atoms with Crippen LogP contribution < -0.4 is 10.5 Å². The third-order valence-corrected chi connectivity index (χ3v) is 5.09. The summed E-state index contributed by atoms with van der Waals surface area (Å²) >= 11 is 0. The first-order chi connectivity index (χ1) is 9.33. The van der Waals surface area contributed by atoms with Crippen molar-refractivity contribution in [2.45, 2.75) is 45.7 Å². The van der Waals surface area contributed by atoms with Crippen LogP contribution in [0, 0.1) is 5.92 Å². The van der Waals surface area contributed by atoms with Gasteiger partial charge in [0.2, 0.25) is 0 Å². The number of carbonyl (C=O) groups is 1. The van der Waals surface area contributed by atoms with Gasteiger partial charge in [0, 0.05) is 19.1 Å². The van der Waals surface area contributed by atoms with Gasteiger partial charge in [-0.3, -0.25) is 4.79 Å². The van der Waals surface area contributed by atoms with Gasteiger partial charge in [-0.1, -0.05) is 13.8 Å². The molecule has 0 aromatic rings. The Morgan fingerprint density at radius 1 is 1.50 bits per heavy atom. The summed E-state index contributed by atoms with van der Waals surface area (Å²) in [4.78, 5) is 11.8. The molecule has 118 valence electrons. The lowest BCUT2D eigenvalue weighted by Crippen LogP contribution is -2.52. The van der Waals surface area contributed by atoms with Crippen molar-refractivity contribution in [1.82, 2.24) is 9.03 Å². The Morgan fingerprint density at radius 2 is 2.15 bits per heavy atom. The second-order valence-electron chi connectivity index (χ2n) is 5.23. The highest BCUT2D eigenvalue weighted by atomic mass is 32.2. The molecule has 7 nitrogen and oxygen atoms in total. The molecule has 2 unspecified atom stereocenters. The van der Waals surface area contributed by atoms with Crippen LogP contribution in [0.15, 0.2) is 0 Å². The standard InChI is InChI=1S/C12H25N3O4S/c1-4-19-12(16)11-6-5-7-15(11)20(17,18)14-10(8-13)9(2)3/h9-11,14H,4-8,13H2,1-3H3. The number of hydrogen-bond donors (Lipinski definition) is 2. The lowest BCUT2D eigenvalue weighted by molar-refractivity contribution is -0.146. The van der Waals surface area contributed by atoms with Gasteiger partial charge in [-0.05, 0) is 25.7 Å². The van der Waals surface area contributed by atoms with Gasteiger partial charge >= 0.3 is 5.97 Å². The van der Waals surface area contributed by atoms with Crippen molar-refractivity contribution in [1.29, 1.82) is 0 Å². The van der Waals surface area contributed by atoms with Crippen LogP contribution in [0.5, 0.6) is 0 Å². The number of rotatable bonds is 7. The zero-order valence-corrected chi connectivity index (χ0v) is 13.1. The summed E-state index contributed by atoms with van der Waals surface area (Å²) in [5.74, 6) is -0.400. The molecule has 0 aromatic carbocycles. The summed E-state index contributed by atoms with van der Waals surface area (Å²) in [6.45, 7) is 6.28. The van der Waals surface area contributed by atoms with Crippen LogP contribution >= 0.6 is 0 Å². The van der Waals surface area contributed by atoms with Gasteiger partial charge in [0.15, 0.2) is 0 Å². The molecule has 0 bridgehead atoms. The van der Waals surface area contributed by atoms with Crippen molar-refractivity contribution in [3.05, 3.63) is 0 Å². The SMILES string of the molecule is CCOC(=O)C1CCCN1S(=O)(=O)NC(CN)C(C)C. The highest BCUT2D eigenvalue weighted by molar-refractivity contribution is 7.87. The topological polar surface area (TPSA) is 102 Å². The Labute approximate surface area is 121 Å². The lowest BCUT2D eigenvalue weighted by Gasteiger charge is -2.27. The molecule has 1 fully saturated rings. The first kappa shape index (κ1) is 17.4. The fraction of sp³-hybridized carbons (Fsp3) is 0.917. The highest BCUT2D eigenvalue weighted by Gasteiger charge is 2.40. The second kappa shape index (κ2) is 7.35. The Bertz CT molecular complexity index is 424. The number of hydrogen-bond acceptors (Lipinski definition) is 5. The van der Waals surface area contributed by atoms with E-state index in [9.17, 15) is 13.2 Å². The van der Waals surface area contributed by atoms with Crippen LogP contribution in [0.1, 0.15) is 33.6 Å². The van der Waals surface area contributed by atoms with Crippen LogP contribution in [-0.4, -0.2) is 50.5 Å². The molecule has 0 saturated carbocycles. The normalized spacial score (nSPS) is 22.1. The lowest BCUT2D eigenvalue weighted by atomic mass is 10.1. The van der Waals surface area contributed by atoms with Gasteiger partial charge in [0.1, 0.15) is 6.04 Å². The van der Waals surface area contributed by atoms with Crippen LogP contribution in [-0.2, 0) is 19.7 Å². The van der Waals surface area contributed by atoms with Gasteiger partial charge in [-0.15, -0.1) is 0 Å². The van der Waals surface area contributed by atoms with Crippen molar-refractivity contribution in [3.63, 3.8) is 0 Å². The van der Waals surface area contributed by atoms with Crippen LogP contribution in [0.2, 0.25) is 0 Å². The Hall–Kier alpha value is -0.700. The van der Waals surface area contributed by atoms with E-state index >= 15 is 0 Å². The van der Waals surface area contributed by atoms with Gasteiger partial charge in [-0.25, -0.2) is 0 Å². The van der Waals surface area contributed by atoms with E-state index < -0.39 is 22.2 Å². The average molecular weight is 307 g/mol. The minimum absolute atomic E-state index is 0.0819. The van der Waals surface area contributed by atoms with Gasteiger partial charge in [-0.2, -0.15) is 17.4 Å². The van der Waals surface area contributed by atoms with E-state index in [0.29, 0.717) is 19.4 Å². The number of ether oxygens (including phenoxy) is 1. The van der Waals surface area contributed by atoms with Crippen LogP contribution in [0.25, 0.3) is 0 Å². The van der Waals surface area contributed by atoms with Crippen molar-refractivity contribution in [2.24, 2.45) is 11.7 Å². The van der Waals surface area contributed by atoms with Crippen molar-refractivity contribution in [2.75, 3.05) is 19.7 Å². The minimum atomic E-state index is -3.73. The van der Waals surface area contributed by atoms with E-state index in [1.807, 2.05) is 13.8 Å². The molecule has 2 atom stereocenters. The molecule has 1 heterocycles. The molecule has 1 aliphatic rings. The van der Waals surface area contributed by atoms with Gasteiger partial charge < -0.3 is 10.5 Å². The van der Waals surface area contributed by atoms with Crippen molar-refractivity contribution < 1.29 is 17.9 Å². The first-order valence-corrected chi connectivity index (χ1v) is 8.43. The summed E-state index contributed by atoms with van der Waals surface area (Å²) in [7, 11) is -3.73. The maximum absolute atomic E-state index is 12.4. The zero-order chi connectivity index (χ0) is 15.3. The molecule has 0 aromatic heterocycles. The Balaban J connectivity index is 2.82. The number of esters is 1. The molecular formula is C12H25N3O4S. The predicted molar refractivity (Wildman–Crippen MR) is 76.1 cm³/mol. The van der Waals surface area contributed by atoms with E-state index in [0.717, 1.165) is 0 Å². The third-order valence-electron chi connectivity index (χ3n) is 3.43. The minimum Gasteiger partial charge on any atom is -0.465 e. The van der Waals surface area contributed by atoms with Crippen molar-refractivity contribution >= 4 is 16.2 Å². The summed E-state index contributed by atoms with van der Waals surface area (Å²) in [5.41, 5.74) is 5.58. The van der Waals surface area contributed by atoms with E-state index in [-0.39, 0.29) is 25.1 Å². The summed E-state index contributed by atoms with van der Waals surface area (Å²) in [5, 5.41) is 0. The summed E-state index contributed by atoms with van der Waals surface area (Å²) in [6, 6.07) is -1.07. The Kier molecular flexibility index (Phi) is 6.38. The maximum Gasteiger partial charge on any atom is 0.324 e. The molecule has 8 heteroatoms. The smallest absolute Gasteiger partial charge is 0.324 e. The summed E-state index contributed by atoms with van der Waals surface area (Å²) < 4.78 is 33.5. The maximum atomic E-state index is 12.4. The van der Waals surface area contributed by atoms with Crippen LogP contribution in [0.3, 0.4) is 0 Å². The highest BCUT2D eigenvalue weighted by Crippen LogP contribution is 2.22. The van der Waals surface area contributed by atoms with E-state index in [2.05, 4.69) is 4.72 Å². The number of nitrogens with two attached hydrogens (primary N) is 1. The number of nitrogens with one attached hydrogen (secondary N) is 1. The second-order valence-corrected chi connectivity index (χ2v) is 6.88. The molecule has 1 saturated heterocycles. The first-order valence-electron chi connectivity index (χ1n) is 6.99. The fourth-order valence-corrected chi connectivity index (χ4v) is 4.00. The molecule has 0 radical (unpaired) electrons. The molecular weight excluding hydrogens is 282 g/mol. The van der Waals surface area contributed by atoms with E-state index in [1.54, 1.807) is 6.92 Å². The molecule has 1 aliphatic heterocycles. The third kappa shape index (κ3) is 4.15. The van der Waals surface area contributed by atoms with Crippen LogP contribution in [0.4, 0.5) is 0 Å². The number of nitrogens with zero attached hydrogens (tertiary/aromatic N) is 1. The molecule has 0 amide bonds. The zero-order valence-electron chi connectivity index (χ0n) is 12.3. The van der Waals surface area contributed by atoms with E-state index in [1.165, 1.54) is 4.31 Å². The predicted octanol–water partition coefficient (Wildman–Crippen LogP) is -0.168. The molecule has 0 spiro atoms. The fourth-order valence-electron chi connectivity index (χ4n) is 2.22. The molecule has 0 aliphatic carbocycles. The molecule has 1 rings (SSSR count).